The van der Waals surface area contributed by atoms with E-state index >= 15 is 0 Å². The number of nitrogens with zero attached hydrogens (tertiary/aromatic N) is 2. The molecule has 1 aromatic heterocycles. The number of furan rings is 1. The number of morpholine rings is 1. The molecule has 0 bridgehead atoms. The lowest BCUT2D eigenvalue weighted by molar-refractivity contribution is -0.116. The van der Waals surface area contributed by atoms with Gasteiger partial charge in [-0.3, -0.25) is 9.59 Å². The number of aryl methyl sites for hydroxylation is 1. The Morgan fingerprint density at radius 3 is 2.44 bits per heavy atom. The molecule has 2 amide bonds. The van der Waals surface area contributed by atoms with Gasteiger partial charge >= 0.3 is 0 Å². The Labute approximate surface area is 158 Å². The summed E-state index contributed by atoms with van der Waals surface area (Å²) in [5.41, 5.74) is 2.57. The normalized spacial score (nSPS) is 14.1. The van der Waals surface area contributed by atoms with Crippen molar-refractivity contribution >= 4 is 23.2 Å². The van der Waals surface area contributed by atoms with Crippen molar-refractivity contribution in [2.75, 3.05) is 49.6 Å². The number of carbonyl (C=O) groups excluding carboxylic acids is 2. The van der Waals surface area contributed by atoms with Crippen LogP contribution in [0.5, 0.6) is 0 Å². The van der Waals surface area contributed by atoms with Gasteiger partial charge in [0.1, 0.15) is 6.54 Å². The van der Waals surface area contributed by atoms with Gasteiger partial charge in [0.05, 0.1) is 19.5 Å². The molecule has 1 saturated heterocycles. The highest BCUT2D eigenvalue weighted by molar-refractivity contribution is 5.98. The highest BCUT2D eigenvalue weighted by atomic mass is 16.5. The number of benzene rings is 1. The minimum absolute atomic E-state index is 0.0271. The Balaban J connectivity index is 1.57. The quantitative estimate of drug-likeness (QED) is 0.845. The second-order valence-corrected chi connectivity index (χ2v) is 6.45. The van der Waals surface area contributed by atoms with Crippen molar-refractivity contribution in [3.63, 3.8) is 0 Å². The SMILES string of the molecule is CCN(CC(=O)Nc1ccc(N2CCOCC2)cc1)C(=O)c1occc1C. The standard InChI is InChI=1S/C20H25N3O4/c1-3-22(20(25)19-15(2)8-11-27-19)14-18(24)21-16-4-6-17(7-5-16)23-9-12-26-13-10-23/h4-8,11H,3,9-10,12-14H2,1-2H3,(H,21,24). The summed E-state index contributed by atoms with van der Waals surface area (Å²) in [7, 11) is 0. The summed E-state index contributed by atoms with van der Waals surface area (Å²) in [5.74, 6) is -0.245. The van der Waals surface area contributed by atoms with Gasteiger partial charge in [-0.2, -0.15) is 0 Å². The Morgan fingerprint density at radius 1 is 1.15 bits per heavy atom. The average Bonchev–Trinajstić information content (AvgIpc) is 3.13. The number of ether oxygens (including phenoxy) is 1. The monoisotopic (exact) mass is 371 g/mol. The van der Waals surface area contributed by atoms with Crippen LogP contribution in [0.3, 0.4) is 0 Å². The minimum Gasteiger partial charge on any atom is -0.459 e. The average molecular weight is 371 g/mol. The summed E-state index contributed by atoms with van der Waals surface area (Å²) in [5, 5.41) is 2.84. The van der Waals surface area contributed by atoms with Crippen LogP contribution < -0.4 is 10.2 Å². The van der Waals surface area contributed by atoms with Gasteiger partial charge in [-0.15, -0.1) is 0 Å². The Hall–Kier alpha value is -2.80. The van der Waals surface area contributed by atoms with Crippen molar-refractivity contribution in [2.45, 2.75) is 13.8 Å². The van der Waals surface area contributed by atoms with E-state index in [1.54, 1.807) is 13.0 Å². The van der Waals surface area contributed by atoms with E-state index in [-0.39, 0.29) is 24.1 Å². The van der Waals surface area contributed by atoms with Gasteiger partial charge in [0, 0.05) is 36.6 Å². The van der Waals surface area contributed by atoms with Crippen molar-refractivity contribution in [1.82, 2.24) is 4.90 Å². The number of rotatable bonds is 6. The largest absolute Gasteiger partial charge is 0.459 e. The number of hydrogen-bond acceptors (Lipinski definition) is 5. The number of hydrogen-bond donors (Lipinski definition) is 1. The molecule has 0 unspecified atom stereocenters. The number of nitrogens with one attached hydrogen (secondary N) is 1. The molecule has 1 aromatic carbocycles. The molecule has 1 N–H and O–H groups in total. The highest BCUT2D eigenvalue weighted by Crippen LogP contribution is 2.19. The van der Waals surface area contributed by atoms with Crippen molar-refractivity contribution in [1.29, 1.82) is 0 Å². The lowest BCUT2D eigenvalue weighted by Crippen LogP contribution is -2.38. The Morgan fingerprint density at radius 2 is 1.85 bits per heavy atom. The molecule has 1 aliphatic heterocycles. The van der Waals surface area contributed by atoms with Gasteiger partial charge in [-0.05, 0) is 44.2 Å². The zero-order valence-corrected chi connectivity index (χ0v) is 15.7. The molecule has 7 nitrogen and oxygen atoms in total. The van der Waals surface area contributed by atoms with E-state index in [2.05, 4.69) is 10.2 Å². The van der Waals surface area contributed by atoms with Crippen molar-refractivity contribution < 1.29 is 18.7 Å². The van der Waals surface area contributed by atoms with Crippen LogP contribution in [0, 0.1) is 6.92 Å². The molecular weight excluding hydrogens is 346 g/mol. The van der Waals surface area contributed by atoms with Gasteiger partial charge in [-0.25, -0.2) is 0 Å². The molecule has 27 heavy (non-hydrogen) atoms. The van der Waals surface area contributed by atoms with Crippen molar-refractivity contribution in [2.24, 2.45) is 0 Å². The Bertz CT molecular complexity index is 779. The first kappa shape index (κ1) is 19.0. The molecule has 0 atom stereocenters. The van der Waals surface area contributed by atoms with Crippen molar-refractivity contribution in [3.8, 4) is 0 Å². The summed E-state index contributed by atoms with van der Waals surface area (Å²) in [6, 6.07) is 9.44. The molecule has 3 rings (SSSR count). The molecule has 0 saturated carbocycles. The van der Waals surface area contributed by atoms with Crippen LogP contribution in [0.4, 0.5) is 11.4 Å². The first-order chi connectivity index (χ1) is 13.1. The maximum absolute atomic E-state index is 12.5. The van der Waals surface area contributed by atoms with Crippen molar-refractivity contribution in [3.05, 3.63) is 47.9 Å². The van der Waals surface area contributed by atoms with Crippen LogP contribution in [0.15, 0.2) is 41.0 Å². The van der Waals surface area contributed by atoms with E-state index in [0.717, 1.165) is 37.6 Å². The van der Waals surface area contributed by atoms with Crippen LogP contribution in [-0.4, -0.2) is 56.1 Å². The van der Waals surface area contributed by atoms with E-state index in [1.165, 1.54) is 11.2 Å². The van der Waals surface area contributed by atoms with Gasteiger partial charge in [0.25, 0.3) is 5.91 Å². The van der Waals surface area contributed by atoms with Crippen LogP contribution in [0.2, 0.25) is 0 Å². The van der Waals surface area contributed by atoms with E-state index in [1.807, 2.05) is 31.2 Å². The van der Waals surface area contributed by atoms with Gasteiger partial charge < -0.3 is 24.3 Å². The summed E-state index contributed by atoms with van der Waals surface area (Å²) in [4.78, 5) is 28.6. The molecule has 2 heterocycles. The van der Waals surface area contributed by atoms with Gasteiger partial charge in [0.15, 0.2) is 5.76 Å². The highest BCUT2D eigenvalue weighted by Gasteiger charge is 2.21. The third-order valence-corrected chi connectivity index (χ3v) is 4.59. The second kappa shape index (κ2) is 8.73. The van der Waals surface area contributed by atoms with Crippen LogP contribution in [0.25, 0.3) is 0 Å². The fraction of sp³-hybridized carbons (Fsp3) is 0.400. The van der Waals surface area contributed by atoms with Crippen LogP contribution in [0.1, 0.15) is 23.0 Å². The Kier molecular flexibility index (Phi) is 6.13. The topological polar surface area (TPSA) is 75.0 Å². The minimum atomic E-state index is -0.280. The molecule has 1 aliphatic rings. The van der Waals surface area contributed by atoms with E-state index in [4.69, 9.17) is 9.15 Å². The maximum atomic E-state index is 12.5. The fourth-order valence-electron chi connectivity index (χ4n) is 3.01. The lowest BCUT2D eigenvalue weighted by atomic mass is 10.2. The fourth-order valence-corrected chi connectivity index (χ4v) is 3.01. The molecule has 1 fully saturated rings. The molecule has 0 radical (unpaired) electrons. The predicted octanol–water partition coefficient (Wildman–Crippen LogP) is 2.53. The summed E-state index contributed by atoms with van der Waals surface area (Å²) in [6.07, 6.45) is 1.48. The number of anilines is 2. The molecule has 144 valence electrons. The van der Waals surface area contributed by atoms with E-state index in [9.17, 15) is 9.59 Å². The summed E-state index contributed by atoms with van der Waals surface area (Å²) in [6.45, 7) is 7.23. The third kappa shape index (κ3) is 4.68. The maximum Gasteiger partial charge on any atom is 0.290 e. The smallest absolute Gasteiger partial charge is 0.290 e. The second-order valence-electron chi connectivity index (χ2n) is 6.45. The lowest BCUT2D eigenvalue weighted by Gasteiger charge is -2.29. The first-order valence-electron chi connectivity index (χ1n) is 9.14. The van der Waals surface area contributed by atoms with Crippen LogP contribution in [-0.2, 0) is 9.53 Å². The molecule has 7 heteroatoms. The van der Waals surface area contributed by atoms with Gasteiger partial charge in [-0.1, -0.05) is 0 Å². The molecule has 2 aromatic rings. The van der Waals surface area contributed by atoms with E-state index in [0.29, 0.717) is 12.2 Å². The molecule has 0 aliphatic carbocycles. The first-order valence-corrected chi connectivity index (χ1v) is 9.14. The molecule has 0 spiro atoms. The third-order valence-electron chi connectivity index (χ3n) is 4.59. The number of likely N-dealkylation sites (N-methyl/N-ethyl adjacent to an activating group) is 1. The predicted molar refractivity (Wildman–Crippen MR) is 103 cm³/mol. The number of amides is 2. The van der Waals surface area contributed by atoms with Crippen LogP contribution >= 0.6 is 0 Å². The summed E-state index contributed by atoms with van der Waals surface area (Å²) < 4.78 is 10.6. The van der Waals surface area contributed by atoms with Gasteiger partial charge in [0.2, 0.25) is 5.91 Å². The number of carbonyl (C=O) groups is 2. The van der Waals surface area contributed by atoms with E-state index < -0.39 is 0 Å². The zero-order valence-electron chi connectivity index (χ0n) is 15.7. The molecular formula is C20H25N3O4. The zero-order chi connectivity index (χ0) is 19.2. The summed E-state index contributed by atoms with van der Waals surface area (Å²) >= 11 is 0.